The Morgan fingerprint density at radius 1 is 1.11 bits per heavy atom. The van der Waals surface area contributed by atoms with Crippen LogP contribution < -0.4 is 0 Å². The van der Waals surface area contributed by atoms with Crippen LogP contribution in [-0.2, 0) is 0 Å². The third-order valence-electron chi connectivity index (χ3n) is 4.07. The van der Waals surface area contributed by atoms with Gasteiger partial charge in [-0.1, -0.05) is 18.6 Å². The van der Waals surface area contributed by atoms with Crippen LogP contribution in [0, 0.1) is 5.92 Å². The number of aliphatic hydroxyl groups is 1. The van der Waals surface area contributed by atoms with E-state index in [9.17, 15) is 14.7 Å². The van der Waals surface area contributed by atoms with E-state index >= 15 is 0 Å². The first-order valence-electron chi connectivity index (χ1n) is 6.80. The van der Waals surface area contributed by atoms with Crippen LogP contribution in [0.4, 0.5) is 0 Å². The normalized spacial score (nSPS) is 26.7. The Morgan fingerprint density at radius 3 is 2.32 bits per heavy atom. The number of fused-ring (bicyclic) bond motifs is 1. The third-order valence-corrected chi connectivity index (χ3v) is 4.07. The molecule has 3 rings (SSSR count). The highest BCUT2D eigenvalue weighted by molar-refractivity contribution is 6.21. The second-order valence-electron chi connectivity index (χ2n) is 5.45. The summed E-state index contributed by atoms with van der Waals surface area (Å²) in [5.74, 6) is -0.160. The van der Waals surface area contributed by atoms with Crippen molar-refractivity contribution in [1.29, 1.82) is 0 Å². The highest BCUT2D eigenvalue weighted by Crippen LogP contribution is 2.29. The van der Waals surface area contributed by atoms with Gasteiger partial charge in [0.25, 0.3) is 11.8 Å². The first-order valence-corrected chi connectivity index (χ1v) is 6.80. The highest BCUT2D eigenvalue weighted by Gasteiger charge is 2.36. The minimum Gasteiger partial charge on any atom is -0.393 e. The van der Waals surface area contributed by atoms with Gasteiger partial charge < -0.3 is 5.11 Å². The molecule has 1 aromatic rings. The predicted octanol–water partition coefficient (Wildman–Crippen LogP) is 1.83. The molecule has 4 nitrogen and oxygen atoms in total. The first kappa shape index (κ1) is 12.4. The van der Waals surface area contributed by atoms with Crippen molar-refractivity contribution in [2.24, 2.45) is 5.92 Å². The Kier molecular flexibility index (Phi) is 3.11. The number of amides is 2. The quantitative estimate of drug-likeness (QED) is 0.824. The summed E-state index contributed by atoms with van der Waals surface area (Å²) in [6.45, 7) is 0.434. The molecule has 4 heteroatoms. The fourth-order valence-corrected chi connectivity index (χ4v) is 3.09. The second-order valence-corrected chi connectivity index (χ2v) is 5.45. The molecule has 1 N–H and O–H groups in total. The molecule has 2 atom stereocenters. The van der Waals surface area contributed by atoms with Gasteiger partial charge >= 0.3 is 0 Å². The molecule has 100 valence electrons. The van der Waals surface area contributed by atoms with Crippen molar-refractivity contribution in [2.45, 2.75) is 31.8 Å². The molecular formula is C15H17NO3. The van der Waals surface area contributed by atoms with Crippen LogP contribution in [0.15, 0.2) is 24.3 Å². The number of hydrogen-bond donors (Lipinski definition) is 1. The van der Waals surface area contributed by atoms with E-state index in [0.717, 1.165) is 19.3 Å². The number of aliphatic hydroxyl groups excluding tert-OH is 1. The second kappa shape index (κ2) is 4.78. The highest BCUT2D eigenvalue weighted by atomic mass is 16.3. The van der Waals surface area contributed by atoms with Gasteiger partial charge in [0, 0.05) is 6.54 Å². The molecule has 1 fully saturated rings. The van der Waals surface area contributed by atoms with Crippen LogP contribution in [0.3, 0.4) is 0 Å². The molecule has 1 aliphatic heterocycles. The number of imide groups is 1. The lowest BCUT2D eigenvalue weighted by Gasteiger charge is -2.28. The average Bonchev–Trinajstić information content (AvgIpc) is 2.65. The minimum absolute atomic E-state index is 0.194. The number of carbonyl (C=O) groups is 2. The zero-order valence-electron chi connectivity index (χ0n) is 10.7. The molecule has 0 bridgehead atoms. The Morgan fingerprint density at radius 2 is 1.74 bits per heavy atom. The smallest absolute Gasteiger partial charge is 0.261 e. The summed E-state index contributed by atoms with van der Waals surface area (Å²) in [5, 5.41) is 9.67. The number of nitrogens with zero attached hydrogens (tertiary/aromatic N) is 1. The molecular weight excluding hydrogens is 242 g/mol. The number of rotatable bonds is 2. The summed E-state index contributed by atoms with van der Waals surface area (Å²) >= 11 is 0. The average molecular weight is 259 g/mol. The standard InChI is InChI=1S/C15H17NO3/c17-11-5-3-4-10(8-11)9-16-14(18)12-6-1-2-7-13(12)15(16)19/h1-2,6-7,10-11,17H,3-5,8-9H2/t10-,11-/m1/s1. The molecule has 0 saturated heterocycles. The van der Waals surface area contributed by atoms with E-state index in [1.165, 1.54) is 4.90 Å². The SMILES string of the molecule is O=C1c2ccccc2C(=O)N1C[C@@H]1CCC[C@@H](O)C1. The maximum absolute atomic E-state index is 12.2. The van der Waals surface area contributed by atoms with E-state index in [-0.39, 0.29) is 23.8 Å². The summed E-state index contributed by atoms with van der Waals surface area (Å²) in [7, 11) is 0. The molecule has 2 aliphatic rings. The molecule has 19 heavy (non-hydrogen) atoms. The lowest BCUT2D eigenvalue weighted by Crippen LogP contribution is -2.37. The van der Waals surface area contributed by atoms with Crippen LogP contribution in [0.1, 0.15) is 46.4 Å². The fraction of sp³-hybridized carbons (Fsp3) is 0.467. The topological polar surface area (TPSA) is 57.6 Å². The summed E-state index contributed by atoms with van der Waals surface area (Å²) in [6.07, 6.45) is 3.18. The monoisotopic (exact) mass is 259 g/mol. The van der Waals surface area contributed by atoms with E-state index in [1.54, 1.807) is 24.3 Å². The van der Waals surface area contributed by atoms with Gasteiger partial charge in [0.1, 0.15) is 0 Å². The molecule has 1 aromatic carbocycles. The van der Waals surface area contributed by atoms with Crippen molar-refractivity contribution in [3.05, 3.63) is 35.4 Å². The van der Waals surface area contributed by atoms with Crippen molar-refractivity contribution in [2.75, 3.05) is 6.54 Å². The van der Waals surface area contributed by atoms with Gasteiger partial charge in [-0.05, 0) is 37.3 Å². The number of hydrogen-bond acceptors (Lipinski definition) is 3. The number of benzene rings is 1. The third kappa shape index (κ3) is 2.16. The molecule has 2 amide bonds. The van der Waals surface area contributed by atoms with Crippen LogP contribution >= 0.6 is 0 Å². The Labute approximate surface area is 112 Å². The van der Waals surface area contributed by atoms with Crippen LogP contribution in [0.2, 0.25) is 0 Å². The van der Waals surface area contributed by atoms with Gasteiger partial charge in [-0.3, -0.25) is 14.5 Å². The zero-order chi connectivity index (χ0) is 13.4. The van der Waals surface area contributed by atoms with Crippen LogP contribution in [-0.4, -0.2) is 34.5 Å². The molecule has 0 spiro atoms. The first-order chi connectivity index (χ1) is 9.16. The molecule has 1 saturated carbocycles. The lowest BCUT2D eigenvalue weighted by molar-refractivity contribution is 0.0541. The molecule has 0 aromatic heterocycles. The van der Waals surface area contributed by atoms with E-state index in [2.05, 4.69) is 0 Å². The number of carbonyl (C=O) groups excluding carboxylic acids is 2. The lowest BCUT2D eigenvalue weighted by atomic mass is 9.87. The van der Waals surface area contributed by atoms with Gasteiger partial charge in [0.15, 0.2) is 0 Å². The van der Waals surface area contributed by atoms with Gasteiger partial charge in [-0.15, -0.1) is 0 Å². The van der Waals surface area contributed by atoms with Gasteiger partial charge in [0.2, 0.25) is 0 Å². The molecule has 1 aliphatic carbocycles. The molecule has 0 radical (unpaired) electrons. The minimum atomic E-state index is -0.283. The van der Waals surface area contributed by atoms with Crippen molar-refractivity contribution >= 4 is 11.8 Å². The fourth-order valence-electron chi connectivity index (χ4n) is 3.09. The van der Waals surface area contributed by atoms with Gasteiger partial charge in [-0.25, -0.2) is 0 Å². The zero-order valence-corrected chi connectivity index (χ0v) is 10.7. The van der Waals surface area contributed by atoms with Gasteiger partial charge in [-0.2, -0.15) is 0 Å². The Bertz CT molecular complexity index is 491. The molecule has 0 unspecified atom stereocenters. The maximum Gasteiger partial charge on any atom is 0.261 e. The Hall–Kier alpha value is -1.68. The van der Waals surface area contributed by atoms with Crippen molar-refractivity contribution in [3.63, 3.8) is 0 Å². The largest absolute Gasteiger partial charge is 0.393 e. The van der Waals surface area contributed by atoms with E-state index in [1.807, 2.05) is 0 Å². The van der Waals surface area contributed by atoms with Crippen LogP contribution in [0.5, 0.6) is 0 Å². The van der Waals surface area contributed by atoms with E-state index in [0.29, 0.717) is 24.1 Å². The molecule has 1 heterocycles. The van der Waals surface area contributed by atoms with Crippen molar-refractivity contribution in [1.82, 2.24) is 4.90 Å². The Balaban J connectivity index is 1.77. The van der Waals surface area contributed by atoms with Crippen LogP contribution in [0.25, 0.3) is 0 Å². The van der Waals surface area contributed by atoms with Gasteiger partial charge in [0.05, 0.1) is 17.2 Å². The maximum atomic E-state index is 12.2. The predicted molar refractivity (Wildman–Crippen MR) is 69.8 cm³/mol. The summed E-state index contributed by atoms with van der Waals surface area (Å²) in [4.78, 5) is 25.8. The van der Waals surface area contributed by atoms with Crippen molar-refractivity contribution < 1.29 is 14.7 Å². The summed E-state index contributed by atoms with van der Waals surface area (Å²) in [5.41, 5.74) is 1.01. The van der Waals surface area contributed by atoms with Crippen molar-refractivity contribution in [3.8, 4) is 0 Å². The van der Waals surface area contributed by atoms with E-state index < -0.39 is 0 Å². The van der Waals surface area contributed by atoms with E-state index in [4.69, 9.17) is 0 Å². The summed E-state index contributed by atoms with van der Waals surface area (Å²) < 4.78 is 0. The summed E-state index contributed by atoms with van der Waals surface area (Å²) in [6, 6.07) is 6.95.